The number of hydrogen-bond donors (Lipinski definition) is 3. The predicted molar refractivity (Wildman–Crippen MR) is 111 cm³/mol. The molecule has 2 amide bonds. The van der Waals surface area contributed by atoms with E-state index in [4.69, 9.17) is 10.5 Å². The van der Waals surface area contributed by atoms with Crippen LogP contribution in [0.5, 0.6) is 5.75 Å². The summed E-state index contributed by atoms with van der Waals surface area (Å²) < 4.78 is 5.45. The second kappa shape index (κ2) is 11.1. The molecule has 146 valence electrons. The van der Waals surface area contributed by atoms with Crippen LogP contribution in [0.2, 0.25) is 0 Å². The summed E-state index contributed by atoms with van der Waals surface area (Å²) in [6.07, 6.45) is 0.845. The SMILES string of the molecule is CCOc1ccccc1C(=O)NCCCC(=O)Nc1cc(N)ccc1C.Cl. The fraction of sp³-hybridized carbons (Fsp3) is 0.300. The largest absolute Gasteiger partial charge is 0.493 e. The number of nitrogen functional groups attached to an aromatic ring is 1. The van der Waals surface area contributed by atoms with Crippen molar-refractivity contribution >= 4 is 35.6 Å². The summed E-state index contributed by atoms with van der Waals surface area (Å²) in [6, 6.07) is 12.5. The third kappa shape index (κ3) is 6.83. The van der Waals surface area contributed by atoms with E-state index in [1.165, 1.54) is 0 Å². The molecule has 27 heavy (non-hydrogen) atoms. The maximum atomic E-state index is 12.3. The summed E-state index contributed by atoms with van der Waals surface area (Å²) in [7, 11) is 0. The highest BCUT2D eigenvalue weighted by atomic mass is 35.5. The lowest BCUT2D eigenvalue weighted by atomic mass is 10.1. The van der Waals surface area contributed by atoms with Crippen molar-refractivity contribution in [3.05, 3.63) is 53.6 Å². The van der Waals surface area contributed by atoms with Crippen molar-refractivity contribution in [3.8, 4) is 5.75 Å². The van der Waals surface area contributed by atoms with Crippen LogP contribution in [0.1, 0.15) is 35.7 Å². The number of hydrogen-bond acceptors (Lipinski definition) is 4. The number of carbonyl (C=O) groups excluding carboxylic acids is 2. The molecule has 0 aromatic heterocycles. The number of aryl methyl sites for hydroxylation is 1. The molecule has 0 atom stereocenters. The molecule has 6 nitrogen and oxygen atoms in total. The van der Waals surface area contributed by atoms with Crippen LogP contribution in [0.3, 0.4) is 0 Å². The molecule has 0 spiro atoms. The molecular weight excluding hydrogens is 366 g/mol. The molecule has 0 aliphatic heterocycles. The molecular formula is C20H26ClN3O3. The summed E-state index contributed by atoms with van der Waals surface area (Å²) in [5.41, 5.74) is 8.50. The van der Waals surface area contributed by atoms with Crippen LogP contribution < -0.4 is 21.1 Å². The Bertz CT molecular complexity index is 781. The minimum atomic E-state index is -0.207. The van der Waals surface area contributed by atoms with Crippen LogP contribution >= 0.6 is 12.4 Å². The maximum absolute atomic E-state index is 12.3. The highest BCUT2D eigenvalue weighted by Gasteiger charge is 2.11. The fourth-order valence-electron chi connectivity index (χ4n) is 2.47. The molecule has 0 bridgehead atoms. The first-order chi connectivity index (χ1) is 12.5. The number of benzene rings is 2. The van der Waals surface area contributed by atoms with Gasteiger partial charge in [0.25, 0.3) is 5.91 Å². The molecule has 0 aliphatic carbocycles. The number of para-hydroxylation sites is 1. The van der Waals surface area contributed by atoms with Gasteiger partial charge >= 0.3 is 0 Å². The van der Waals surface area contributed by atoms with E-state index in [0.29, 0.717) is 48.7 Å². The van der Waals surface area contributed by atoms with Gasteiger partial charge in [-0.1, -0.05) is 18.2 Å². The van der Waals surface area contributed by atoms with Crippen molar-refractivity contribution in [2.45, 2.75) is 26.7 Å². The van der Waals surface area contributed by atoms with E-state index in [1.54, 1.807) is 30.3 Å². The number of ether oxygens (including phenoxy) is 1. The molecule has 0 saturated carbocycles. The summed E-state index contributed by atoms with van der Waals surface area (Å²) in [5, 5.41) is 5.66. The van der Waals surface area contributed by atoms with E-state index in [2.05, 4.69) is 10.6 Å². The van der Waals surface area contributed by atoms with Gasteiger partial charge in [0, 0.05) is 24.3 Å². The van der Waals surface area contributed by atoms with E-state index in [9.17, 15) is 9.59 Å². The highest BCUT2D eigenvalue weighted by molar-refractivity contribution is 5.97. The van der Waals surface area contributed by atoms with Crippen molar-refractivity contribution in [2.75, 3.05) is 24.2 Å². The zero-order valence-corrected chi connectivity index (χ0v) is 16.4. The molecule has 0 aliphatic rings. The quantitative estimate of drug-likeness (QED) is 0.474. The molecule has 2 aromatic carbocycles. The van der Waals surface area contributed by atoms with Crippen molar-refractivity contribution in [1.82, 2.24) is 5.32 Å². The molecule has 0 fully saturated rings. The normalized spacial score (nSPS) is 9.85. The van der Waals surface area contributed by atoms with E-state index in [0.717, 1.165) is 5.56 Å². The smallest absolute Gasteiger partial charge is 0.255 e. The minimum absolute atomic E-state index is 0. The molecule has 7 heteroatoms. The van der Waals surface area contributed by atoms with Crippen molar-refractivity contribution < 1.29 is 14.3 Å². The standard InChI is InChI=1S/C20H25N3O3.ClH/c1-3-26-18-8-5-4-7-16(18)20(25)22-12-6-9-19(24)23-17-13-15(21)11-10-14(17)2;/h4-5,7-8,10-11,13H,3,6,9,12,21H2,1-2H3,(H,22,25)(H,23,24);1H. The van der Waals surface area contributed by atoms with Gasteiger partial charge in [0.15, 0.2) is 0 Å². The van der Waals surface area contributed by atoms with Gasteiger partial charge in [0.1, 0.15) is 5.75 Å². The van der Waals surface area contributed by atoms with Gasteiger partial charge in [0.2, 0.25) is 5.91 Å². The summed E-state index contributed by atoms with van der Waals surface area (Å²) >= 11 is 0. The second-order valence-electron chi connectivity index (χ2n) is 5.91. The molecule has 4 N–H and O–H groups in total. The summed E-state index contributed by atoms with van der Waals surface area (Å²) in [5.74, 6) is 0.242. The Morgan fingerprint density at radius 2 is 1.89 bits per heavy atom. The third-order valence-corrected chi connectivity index (χ3v) is 3.83. The molecule has 0 radical (unpaired) electrons. The number of nitrogens with one attached hydrogen (secondary N) is 2. The zero-order valence-electron chi connectivity index (χ0n) is 15.6. The average Bonchev–Trinajstić information content (AvgIpc) is 2.62. The Morgan fingerprint density at radius 3 is 2.63 bits per heavy atom. The maximum Gasteiger partial charge on any atom is 0.255 e. The van der Waals surface area contributed by atoms with Crippen LogP contribution in [0.25, 0.3) is 0 Å². The Hall–Kier alpha value is -2.73. The van der Waals surface area contributed by atoms with E-state index in [1.807, 2.05) is 26.0 Å². The monoisotopic (exact) mass is 391 g/mol. The first kappa shape index (κ1) is 22.3. The minimum Gasteiger partial charge on any atom is -0.493 e. The van der Waals surface area contributed by atoms with Gasteiger partial charge in [-0.15, -0.1) is 12.4 Å². The zero-order chi connectivity index (χ0) is 18.9. The van der Waals surface area contributed by atoms with E-state index in [-0.39, 0.29) is 24.2 Å². The number of anilines is 2. The van der Waals surface area contributed by atoms with Crippen LogP contribution in [0.15, 0.2) is 42.5 Å². The van der Waals surface area contributed by atoms with Crippen molar-refractivity contribution in [3.63, 3.8) is 0 Å². The first-order valence-corrected chi connectivity index (χ1v) is 8.67. The number of nitrogens with two attached hydrogens (primary N) is 1. The van der Waals surface area contributed by atoms with Crippen molar-refractivity contribution in [1.29, 1.82) is 0 Å². The lowest BCUT2D eigenvalue weighted by Crippen LogP contribution is -2.26. The highest BCUT2D eigenvalue weighted by Crippen LogP contribution is 2.19. The van der Waals surface area contributed by atoms with Gasteiger partial charge in [0.05, 0.1) is 12.2 Å². The Labute approximate surface area is 165 Å². The predicted octanol–water partition coefficient (Wildman–Crippen LogP) is 3.55. The van der Waals surface area contributed by atoms with Crippen molar-refractivity contribution in [2.24, 2.45) is 0 Å². The lowest BCUT2D eigenvalue weighted by Gasteiger charge is -2.11. The lowest BCUT2D eigenvalue weighted by molar-refractivity contribution is -0.116. The third-order valence-electron chi connectivity index (χ3n) is 3.83. The van der Waals surface area contributed by atoms with Gasteiger partial charge in [-0.25, -0.2) is 0 Å². The molecule has 0 saturated heterocycles. The van der Waals surface area contributed by atoms with Gasteiger partial charge in [-0.3, -0.25) is 9.59 Å². The molecule has 2 rings (SSSR count). The van der Waals surface area contributed by atoms with E-state index >= 15 is 0 Å². The number of rotatable bonds is 8. The summed E-state index contributed by atoms with van der Waals surface area (Å²) in [6.45, 7) is 4.68. The Morgan fingerprint density at radius 1 is 1.15 bits per heavy atom. The molecule has 2 aromatic rings. The Balaban J connectivity index is 0.00000364. The summed E-state index contributed by atoms with van der Waals surface area (Å²) in [4.78, 5) is 24.3. The van der Waals surface area contributed by atoms with Crippen LogP contribution in [0.4, 0.5) is 11.4 Å². The van der Waals surface area contributed by atoms with Gasteiger partial charge in [-0.2, -0.15) is 0 Å². The number of amides is 2. The Kier molecular flexibility index (Phi) is 9.16. The first-order valence-electron chi connectivity index (χ1n) is 8.67. The van der Waals surface area contributed by atoms with Gasteiger partial charge in [-0.05, 0) is 50.1 Å². The molecule has 0 unspecified atom stereocenters. The van der Waals surface area contributed by atoms with Crippen LogP contribution in [0, 0.1) is 6.92 Å². The molecule has 0 heterocycles. The number of halogens is 1. The average molecular weight is 392 g/mol. The fourth-order valence-corrected chi connectivity index (χ4v) is 2.47. The topological polar surface area (TPSA) is 93.4 Å². The second-order valence-corrected chi connectivity index (χ2v) is 5.91. The number of carbonyl (C=O) groups is 2. The van der Waals surface area contributed by atoms with Gasteiger partial charge < -0.3 is 21.1 Å². The van der Waals surface area contributed by atoms with Crippen LogP contribution in [-0.4, -0.2) is 25.0 Å². The van der Waals surface area contributed by atoms with E-state index < -0.39 is 0 Å². The van der Waals surface area contributed by atoms with Crippen LogP contribution in [-0.2, 0) is 4.79 Å².